The minimum Gasteiger partial charge on any atom is -0.487 e. The fraction of sp³-hybridized carbons (Fsp3) is 0.667. The molecule has 106 valence electrons. The highest BCUT2D eigenvalue weighted by Crippen LogP contribution is 2.39. The van der Waals surface area contributed by atoms with Crippen LogP contribution < -0.4 is 20.7 Å². The van der Waals surface area contributed by atoms with E-state index < -0.39 is 0 Å². The van der Waals surface area contributed by atoms with Crippen molar-refractivity contribution in [2.24, 2.45) is 0 Å². The lowest BCUT2D eigenvalue weighted by molar-refractivity contribution is -0.119. The van der Waals surface area contributed by atoms with Crippen molar-refractivity contribution >= 4 is 28.3 Å². The topological polar surface area (TPSA) is 80.5 Å². The van der Waals surface area contributed by atoms with Crippen molar-refractivity contribution < 1.29 is 9.53 Å². The summed E-state index contributed by atoms with van der Waals surface area (Å²) in [6, 6.07) is 0.273. The van der Waals surface area contributed by atoms with Gasteiger partial charge in [-0.1, -0.05) is 0 Å². The van der Waals surface area contributed by atoms with Gasteiger partial charge < -0.3 is 20.7 Å². The maximum atomic E-state index is 11.0. The first-order valence-electron chi connectivity index (χ1n) is 6.51. The van der Waals surface area contributed by atoms with E-state index in [0.717, 1.165) is 30.9 Å². The second kappa shape index (κ2) is 6.10. The van der Waals surface area contributed by atoms with E-state index in [2.05, 4.69) is 14.6 Å². The van der Waals surface area contributed by atoms with E-state index in [1.54, 1.807) is 6.92 Å². The van der Waals surface area contributed by atoms with Crippen LogP contribution in [0.2, 0.25) is 0 Å². The second-order valence-corrected chi connectivity index (χ2v) is 5.35. The largest absolute Gasteiger partial charge is 0.487 e. The molecule has 1 saturated heterocycles. The number of aromatic nitrogens is 1. The van der Waals surface area contributed by atoms with Crippen LogP contribution in [0.15, 0.2) is 0 Å². The Morgan fingerprint density at radius 1 is 1.58 bits per heavy atom. The lowest BCUT2D eigenvalue weighted by Crippen LogP contribution is -2.43. The van der Waals surface area contributed by atoms with E-state index in [9.17, 15) is 4.79 Å². The van der Waals surface area contributed by atoms with E-state index in [4.69, 9.17) is 10.5 Å². The van der Waals surface area contributed by atoms with Gasteiger partial charge in [0.15, 0.2) is 16.6 Å². The zero-order chi connectivity index (χ0) is 13.8. The number of ether oxygens (including phenoxy) is 1. The van der Waals surface area contributed by atoms with Gasteiger partial charge in [0.2, 0.25) is 5.91 Å². The van der Waals surface area contributed by atoms with E-state index >= 15 is 0 Å². The smallest absolute Gasteiger partial charge is 0.217 e. The predicted molar refractivity (Wildman–Crippen MR) is 76.7 cm³/mol. The Kier molecular flexibility index (Phi) is 4.47. The number of rotatable bonds is 4. The molecule has 3 N–H and O–H groups in total. The number of amides is 1. The minimum absolute atomic E-state index is 0.0375. The van der Waals surface area contributed by atoms with Crippen molar-refractivity contribution in [1.82, 2.24) is 9.69 Å². The first kappa shape index (κ1) is 13.9. The molecule has 0 bridgehead atoms. The SMILES string of the molecule is CCOc1c(N)nsc1N1CCC(NC(C)=O)CC1. The standard InChI is InChI=1S/C12H20N4O2S/c1-3-18-10-11(13)15-19-12(10)16-6-4-9(5-7-16)14-8(2)17/h9H,3-7H2,1-2H3,(H2,13,15)(H,14,17). The maximum absolute atomic E-state index is 11.0. The Labute approximate surface area is 117 Å². The maximum Gasteiger partial charge on any atom is 0.217 e. The summed E-state index contributed by atoms with van der Waals surface area (Å²) in [6.07, 6.45) is 1.87. The van der Waals surface area contributed by atoms with Gasteiger partial charge in [-0.2, -0.15) is 4.37 Å². The van der Waals surface area contributed by atoms with Crippen molar-refractivity contribution in [3.63, 3.8) is 0 Å². The summed E-state index contributed by atoms with van der Waals surface area (Å²) in [5.41, 5.74) is 5.82. The average Bonchev–Trinajstić information content (AvgIpc) is 2.72. The fourth-order valence-corrected chi connectivity index (χ4v) is 3.09. The number of piperidine rings is 1. The summed E-state index contributed by atoms with van der Waals surface area (Å²) < 4.78 is 9.72. The summed E-state index contributed by atoms with van der Waals surface area (Å²) in [5.74, 6) is 1.20. The molecule has 6 nitrogen and oxygen atoms in total. The predicted octanol–water partition coefficient (Wildman–Crippen LogP) is 1.23. The number of anilines is 2. The quantitative estimate of drug-likeness (QED) is 0.869. The van der Waals surface area contributed by atoms with Gasteiger partial charge in [0.25, 0.3) is 0 Å². The fourth-order valence-electron chi connectivity index (χ4n) is 2.28. The summed E-state index contributed by atoms with van der Waals surface area (Å²) in [6.45, 7) is 5.84. The number of nitrogen functional groups attached to an aromatic ring is 1. The van der Waals surface area contributed by atoms with Crippen LogP contribution in [0, 0.1) is 0 Å². The average molecular weight is 284 g/mol. The molecule has 19 heavy (non-hydrogen) atoms. The van der Waals surface area contributed by atoms with Crippen molar-refractivity contribution in [1.29, 1.82) is 0 Å². The van der Waals surface area contributed by atoms with Crippen LogP contribution in [0.3, 0.4) is 0 Å². The van der Waals surface area contributed by atoms with Crippen LogP contribution in [0.25, 0.3) is 0 Å². The van der Waals surface area contributed by atoms with Crippen molar-refractivity contribution in [2.75, 3.05) is 30.3 Å². The van der Waals surface area contributed by atoms with Crippen molar-refractivity contribution in [3.05, 3.63) is 0 Å². The van der Waals surface area contributed by atoms with Gasteiger partial charge in [-0.15, -0.1) is 0 Å². The van der Waals surface area contributed by atoms with Crippen LogP contribution in [0.4, 0.5) is 10.8 Å². The Morgan fingerprint density at radius 2 is 2.26 bits per heavy atom. The zero-order valence-electron chi connectivity index (χ0n) is 11.3. The van der Waals surface area contributed by atoms with Crippen LogP contribution >= 0.6 is 11.5 Å². The van der Waals surface area contributed by atoms with Crippen LogP contribution in [-0.4, -0.2) is 36.0 Å². The molecule has 0 radical (unpaired) electrons. The second-order valence-electron chi connectivity index (χ2n) is 4.60. The molecule has 1 amide bonds. The molecule has 0 atom stereocenters. The van der Waals surface area contributed by atoms with Gasteiger partial charge in [0, 0.05) is 26.1 Å². The Morgan fingerprint density at radius 3 is 2.84 bits per heavy atom. The minimum atomic E-state index is 0.0375. The van der Waals surface area contributed by atoms with Gasteiger partial charge in [-0.25, -0.2) is 0 Å². The summed E-state index contributed by atoms with van der Waals surface area (Å²) in [7, 11) is 0. The molecular formula is C12H20N4O2S. The number of hydrogen-bond acceptors (Lipinski definition) is 6. The molecule has 2 rings (SSSR count). The number of nitrogens with two attached hydrogens (primary N) is 1. The summed E-state index contributed by atoms with van der Waals surface area (Å²) in [5, 5.41) is 3.97. The van der Waals surface area contributed by atoms with E-state index in [-0.39, 0.29) is 11.9 Å². The van der Waals surface area contributed by atoms with E-state index in [1.807, 2.05) is 6.92 Å². The third kappa shape index (κ3) is 3.28. The molecule has 1 fully saturated rings. The van der Waals surface area contributed by atoms with Gasteiger partial charge in [-0.05, 0) is 31.3 Å². The van der Waals surface area contributed by atoms with Gasteiger partial charge in [0.1, 0.15) is 0 Å². The van der Waals surface area contributed by atoms with Crippen LogP contribution in [0.5, 0.6) is 5.75 Å². The number of hydrogen-bond donors (Lipinski definition) is 2. The first-order valence-corrected chi connectivity index (χ1v) is 7.29. The number of carbonyl (C=O) groups is 1. The monoisotopic (exact) mass is 284 g/mol. The van der Waals surface area contributed by atoms with E-state index in [0.29, 0.717) is 18.2 Å². The Balaban J connectivity index is 1.99. The molecule has 0 aliphatic carbocycles. The molecule has 2 heterocycles. The lowest BCUT2D eigenvalue weighted by atomic mass is 10.1. The summed E-state index contributed by atoms with van der Waals surface area (Å²) in [4.78, 5) is 13.3. The van der Waals surface area contributed by atoms with Crippen molar-refractivity contribution in [2.45, 2.75) is 32.7 Å². The molecule has 0 unspecified atom stereocenters. The highest BCUT2D eigenvalue weighted by Gasteiger charge is 2.25. The van der Waals surface area contributed by atoms with Gasteiger partial charge in [-0.3, -0.25) is 4.79 Å². The molecule has 0 spiro atoms. The van der Waals surface area contributed by atoms with Crippen LogP contribution in [-0.2, 0) is 4.79 Å². The van der Waals surface area contributed by atoms with Gasteiger partial charge in [0.05, 0.1) is 6.61 Å². The Bertz CT molecular complexity index is 441. The molecule has 1 aromatic heterocycles. The Hall–Kier alpha value is -1.50. The molecule has 7 heteroatoms. The van der Waals surface area contributed by atoms with Crippen LogP contribution in [0.1, 0.15) is 26.7 Å². The normalized spacial score (nSPS) is 16.4. The first-order chi connectivity index (χ1) is 9.11. The molecule has 1 aliphatic rings. The zero-order valence-corrected chi connectivity index (χ0v) is 12.1. The highest BCUT2D eigenvalue weighted by atomic mass is 32.1. The molecule has 0 saturated carbocycles. The number of nitrogens with zero attached hydrogens (tertiary/aromatic N) is 2. The summed E-state index contributed by atoms with van der Waals surface area (Å²) >= 11 is 1.38. The lowest BCUT2D eigenvalue weighted by Gasteiger charge is -2.32. The molecule has 0 aromatic carbocycles. The molecule has 1 aromatic rings. The number of nitrogens with one attached hydrogen (secondary N) is 1. The third-order valence-electron chi connectivity index (χ3n) is 3.14. The third-order valence-corrected chi connectivity index (χ3v) is 4.04. The van der Waals surface area contributed by atoms with Crippen molar-refractivity contribution in [3.8, 4) is 5.75 Å². The molecule has 1 aliphatic heterocycles. The van der Waals surface area contributed by atoms with E-state index in [1.165, 1.54) is 11.5 Å². The van der Waals surface area contributed by atoms with Gasteiger partial charge >= 0.3 is 0 Å². The molecular weight excluding hydrogens is 264 g/mol. The number of carbonyl (C=O) groups excluding carboxylic acids is 1. The highest BCUT2D eigenvalue weighted by molar-refractivity contribution is 7.11.